The van der Waals surface area contributed by atoms with Crippen LogP contribution in [0.25, 0.3) is 27.5 Å². The third kappa shape index (κ3) is 3.30. The molecular formula is C26H23F3N4O3. The van der Waals surface area contributed by atoms with E-state index in [-0.39, 0.29) is 35.9 Å². The summed E-state index contributed by atoms with van der Waals surface area (Å²) in [6.45, 7) is 3.63. The van der Waals surface area contributed by atoms with Crippen molar-refractivity contribution in [2.24, 2.45) is 0 Å². The normalized spacial score (nSPS) is 20.0. The second-order valence-corrected chi connectivity index (χ2v) is 9.94. The Morgan fingerprint density at radius 1 is 1.31 bits per heavy atom. The minimum atomic E-state index is -1.41. The number of fused-ring (bicyclic) bond motifs is 2. The summed E-state index contributed by atoms with van der Waals surface area (Å²) in [5, 5.41) is 26.6. The van der Waals surface area contributed by atoms with Gasteiger partial charge in [0.2, 0.25) is 0 Å². The average Bonchev–Trinajstić information content (AvgIpc) is 3.39. The number of hydrogen-bond donors (Lipinski definition) is 2. The van der Waals surface area contributed by atoms with Gasteiger partial charge < -0.3 is 14.4 Å². The number of rotatable bonds is 6. The van der Waals surface area contributed by atoms with Crippen molar-refractivity contribution in [2.45, 2.75) is 50.0 Å². The van der Waals surface area contributed by atoms with Crippen molar-refractivity contribution in [3.8, 4) is 11.8 Å². The second-order valence-electron chi connectivity index (χ2n) is 9.94. The molecule has 5 rings (SSSR count). The summed E-state index contributed by atoms with van der Waals surface area (Å²) in [4.78, 5) is 11.9. The number of nitrogens with zero attached hydrogens (tertiary/aromatic N) is 3. The lowest BCUT2D eigenvalue weighted by molar-refractivity contribution is -0.175. The molecule has 1 aliphatic carbocycles. The number of aromatic nitrogens is 3. The van der Waals surface area contributed by atoms with Crippen molar-refractivity contribution in [2.75, 3.05) is 7.11 Å². The molecule has 1 saturated carbocycles. The molecule has 2 aromatic heterocycles. The van der Waals surface area contributed by atoms with Gasteiger partial charge in [0, 0.05) is 47.2 Å². The fourth-order valence-corrected chi connectivity index (χ4v) is 5.44. The molecule has 0 unspecified atom stereocenters. The highest BCUT2D eigenvalue weighted by molar-refractivity contribution is 6.00. The summed E-state index contributed by atoms with van der Waals surface area (Å²) in [6, 6.07) is 7.28. The minimum absolute atomic E-state index is 0.0438. The van der Waals surface area contributed by atoms with Crippen molar-refractivity contribution in [1.82, 2.24) is 14.8 Å². The van der Waals surface area contributed by atoms with E-state index in [0.717, 1.165) is 12.1 Å². The Morgan fingerprint density at radius 2 is 2.03 bits per heavy atom. The lowest BCUT2D eigenvalue weighted by atomic mass is 9.65. The monoisotopic (exact) mass is 496 g/mol. The summed E-state index contributed by atoms with van der Waals surface area (Å²) in [6.07, 6.45) is 1.68. The van der Waals surface area contributed by atoms with Crippen LogP contribution >= 0.6 is 0 Å². The number of benzene rings is 2. The molecule has 0 atom stereocenters. The van der Waals surface area contributed by atoms with Gasteiger partial charge in [-0.15, -0.1) is 0 Å². The number of nitriles is 1. The van der Waals surface area contributed by atoms with E-state index in [1.54, 1.807) is 10.6 Å². The van der Waals surface area contributed by atoms with Crippen molar-refractivity contribution < 1.29 is 27.8 Å². The maximum atomic E-state index is 16.1. The maximum Gasteiger partial charge on any atom is 0.335 e. The number of carboxylic acids is 1. The number of hydrogen-bond acceptors (Lipinski definition) is 4. The van der Waals surface area contributed by atoms with Crippen molar-refractivity contribution in [1.29, 1.82) is 5.26 Å². The molecule has 1 aliphatic rings. The highest BCUT2D eigenvalue weighted by Crippen LogP contribution is 2.54. The Kier molecular flexibility index (Phi) is 5.37. The Morgan fingerprint density at radius 3 is 2.64 bits per heavy atom. The van der Waals surface area contributed by atoms with Crippen LogP contribution in [0.1, 0.15) is 50.3 Å². The predicted molar refractivity (Wildman–Crippen MR) is 125 cm³/mol. The van der Waals surface area contributed by atoms with E-state index in [0.29, 0.717) is 22.2 Å². The quantitative estimate of drug-likeness (QED) is 0.369. The van der Waals surface area contributed by atoms with Crippen LogP contribution in [-0.4, -0.2) is 38.6 Å². The van der Waals surface area contributed by atoms with E-state index < -0.39 is 40.4 Å². The Balaban J connectivity index is 1.91. The smallest absolute Gasteiger partial charge is 0.335 e. The first kappa shape index (κ1) is 23.9. The molecule has 186 valence electrons. The zero-order valence-corrected chi connectivity index (χ0v) is 19.8. The second kappa shape index (κ2) is 8.10. The number of carbonyl (C=O) groups is 1. The lowest BCUT2D eigenvalue weighted by Crippen LogP contribution is -2.51. The zero-order chi connectivity index (χ0) is 26.0. The third-order valence-electron chi connectivity index (χ3n) is 7.31. The molecule has 0 saturated heterocycles. The van der Waals surface area contributed by atoms with Crippen LogP contribution in [0, 0.1) is 28.8 Å². The number of nitrogens with one attached hydrogen (secondary N) is 1. The number of aliphatic carboxylic acids is 1. The molecule has 0 aliphatic heterocycles. The Labute approximate surface area is 204 Å². The molecule has 4 aromatic rings. The summed E-state index contributed by atoms with van der Waals surface area (Å²) in [5.74, 6) is -4.21. The van der Waals surface area contributed by atoms with Crippen LogP contribution < -0.4 is 0 Å². The van der Waals surface area contributed by atoms with Crippen LogP contribution in [0.4, 0.5) is 13.2 Å². The first-order valence-electron chi connectivity index (χ1n) is 11.4. The molecule has 0 spiro atoms. The summed E-state index contributed by atoms with van der Waals surface area (Å²) in [5.41, 5.74) is -0.403. The van der Waals surface area contributed by atoms with E-state index in [4.69, 9.17) is 4.74 Å². The van der Waals surface area contributed by atoms with E-state index >= 15 is 4.39 Å². The van der Waals surface area contributed by atoms with Gasteiger partial charge in [-0.3, -0.25) is 5.10 Å². The van der Waals surface area contributed by atoms with Gasteiger partial charge in [-0.1, -0.05) is 13.8 Å². The number of ether oxygens (including phenoxy) is 1. The molecule has 36 heavy (non-hydrogen) atoms. The topological polar surface area (TPSA) is 104 Å². The van der Waals surface area contributed by atoms with Crippen LogP contribution in [0.5, 0.6) is 0 Å². The number of halogens is 3. The predicted octanol–water partition coefficient (Wildman–Crippen LogP) is 5.46. The van der Waals surface area contributed by atoms with Gasteiger partial charge in [-0.05, 0) is 42.5 Å². The number of aromatic amines is 1. The number of H-pyrrole nitrogens is 1. The molecule has 0 amide bonds. The molecular weight excluding hydrogens is 473 g/mol. The number of methoxy groups -OCH3 is 1. The van der Waals surface area contributed by atoms with Gasteiger partial charge in [0.25, 0.3) is 0 Å². The van der Waals surface area contributed by atoms with Crippen LogP contribution in [0.3, 0.4) is 0 Å². The Bertz CT molecular complexity index is 1580. The van der Waals surface area contributed by atoms with Crippen LogP contribution in [0.2, 0.25) is 0 Å². The molecule has 0 radical (unpaired) electrons. The standard InChI is InChI=1S/C26H23F3N4O3/c1-25(2,6-7-30)23-19(14-10-26(11-14,36-3)24(34)35)20-18(8-13-12-31-32-22(13)21(20)29)33(23)15-4-5-16(27)17(28)9-15/h4-5,8-9,12,14H,6,10-11H2,1-3H3,(H,31,32)(H,34,35). The molecule has 7 nitrogen and oxygen atoms in total. The first-order valence-corrected chi connectivity index (χ1v) is 11.4. The largest absolute Gasteiger partial charge is 0.479 e. The molecule has 1 fully saturated rings. The van der Waals surface area contributed by atoms with Crippen LogP contribution in [0.15, 0.2) is 30.5 Å². The van der Waals surface area contributed by atoms with Gasteiger partial charge >= 0.3 is 5.97 Å². The lowest BCUT2D eigenvalue weighted by Gasteiger charge is -2.44. The van der Waals surface area contributed by atoms with Gasteiger partial charge in [0.05, 0.1) is 17.8 Å². The van der Waals surface area contributed by atoms with Gasteiger partial charge in [-0.25, -0.2) is 18.0 Å². The van der Waals surface area contributed by atoms with Gasteiger partial charge in [-0.2, -0.15) is 10.4 Å². The minimum Gasteiger partial charge on any atom is -0.479 e. The zero-order valence-electron chi connectivity index (χ0n) is 19.8. The summed E-state index contributed by atoms with van der Waals surface area (Å²) < 4.78 is 51.3. The molecule has 0 bridgehead atoms. The van der Waals surface area contributed by atoms with Gasteiger partial charge in [0.1, 0.15) is 5.52 Å². The fourth-order valence-electron chi connectivity index (χ4n) is 5.44. The highest BCUT2D eigenvalue weighted by atomic mass is 19.2. The summed E-state index contributed by atoms with van der Waals surface area (Å²) >= 11 is 0. The molecule has 2 N–H and O–H groups in total. The summed E-state index contributed by atoms with van der Waals surface area (Å²) in [7, 11) is 1.32. The third-order valence-corrected chi connectivity index (χ3v) is 7.31. The number of carboxylic acid groups (broad SMARTS) is 1. The molecule has 10 heteroatoms. The van der Waals surface area contributed by atoms with Crippen LogP contribution in [-0.2, 0) is 14.9 Å². The van der Waals surface area contributed by atoms with Crippen molar-refractivity contribution >= 4 is 27.8 Å². The van der Waals surface area contributed by atoms with E-state index in [1.807, 2.05) is 13.8 Å². The van der Waals surface area contributed by atoms with E-state index in [9.17, 15) is 23.9 Å². The molecule has 2 heterocycles. The highest BCUT2D eigenvalue weighted by Gasteiger charge is 2.54. The Hall–Kier alpha value is -3.84. The van der Waals surface area contributed by atoms with E-state index in [2.05, 4.69) is 16.3 Å². The fraction of sp³-hybridized carbons (Fsp3) is 0.346. The first-order chi connectivity index (χ1) is 17.0. The SMILES string of the molecule is COC1(C(=O)O)CC(c2c(C(C)(C)CC#N)n(-c3ccc(F)c(F)c3)c3cc4cn[nH]c4c(F)c23)C1. The average molecular weight is 496 g/mol. The molecule has 2 aromatic carbocycles. The van der Waals surface area contributed by atoms with Gasteiger partial charge in [0.15, 0.2) is 23.1 Å². The van der Waals surface area contributed by atoms with Crippen molar-refractivity contribution in [3.05, 3.63) is 59.2 Å². The maximum absolute atomic E-state index is 16.1. The van der Waals surface area contributed by atoms with Crippen molar-refractivity contribution in [3.63, 3.8) is 0 Å². The van der Waals surface area contributed by atoms with E-state index in [1.165, 1.54) is 19.4 Å².